The summed E-state index contributed by atoms with van der Waals surface area (Å²) in [7, 11) is 0. The van der Waals surface area contributed by atoms with Crippen molar-refractivity contribution in [3.63, 3.8) is 0 Å². The number of anilines is 1. The molecule has 0 spiro atoms. The Morgan fingerprint density at radius 3 is 2.50 bits per heavy atom. The number of rotatable bonds is 2. The Bertz CT molecular complexity index is 585. The first-order valence-electron chi connectivity index (χ1n) is 6.80. The van der Waals surface area contributed by atoms with Crippen molar-refractivity contribution >= 4 is 22.3 Å². The fraction of sp³-hybridized carbons (Fsp3) is 0.333. The highest BCUT2D eigenvalue weighted by atomic mass is 32.1. The van der Waals surface area contributed by atoms with Crippen LogP contribution in [0.5, 0.6) is 0 Å². The van der Waals surface area contributed by atoms with Crippen molar-refractivity contribution in [2.24, 2.45) is 0 Å². The van der Waals surface area contributed by atoms with Gasteiger partial charge in [-0.1, -0.05) is 30.3 Å². The van der Waals surface area contributed by atoms with Crippen LogP contribution in [0.25, 0.3) is 11.3 Å². The quantitative estimate of drug-likeness (QED) is 0.682. The van der Waals surface area contributed by atoms with Crippen LogP contribution in [-0.2, 0) is 0 Å². The van der Waals surface area contributed by atoms with Gasteiger partial charge in [0, 0.05) is 37.1 Å². The molecule has 0 amide bonds. The first-order valence-corrected chi connectivity index (χ1v) is 7.68. The van der Waals surface area contributed by atoms with Crippen LogP contribution in [0.4, 0.5) is 5.13 Å². The molecule has 20 heavy (non-hydrogen) atoms. The second-order valence-corrected chi connectivity index (χ2v) is 5.78. The van der Waals surface area contributed by atoms with Gasteiger partial charge in [-0.25, -0.2) is 4.98 Å². The fourth-order valence-corrected chi connectivity index (χ4v) is 3.27. The average Bonchev–Trinajstić information content (AvgIpc) is 2.98. The van der Waals surface area contributed by atoms with Crippen LogP contribution in [-0.4, -0.2) is 41.9 Å². The van der Waals surface area contributed by atoms with E-state index >= 15 is 0 Å². The summed E-state index contributed by atoms with van der Waals surface area (Å²) in [4.78, 5) is 9.18. The molecule has 4 nitrogen and oxygen atoms in total. The highest BCUT2D eigenvalue weighted by molar-refractivity contribution is 7.14. The SMILES string of the molecule is CC(=N)N1CCN(c2nc(-c3ccccc3)cs2)CC1. The molecule has 1 fully saturated rings. The molecule has 0 atom stereocenters. The number of hydrogen-bond acceptors (Lipinski definition) is 4. The van der Waals surface area contributed by atoms with Crippen molar-refractivity contribution in [2.45, 2.75) is 6.92 Å². The molecule has 1 N–H and O–H groups in total. The minimum absolute atomic E-state index is 0.661. The molecular weight excluding hydrogens is 268 g/mol. The predicted molar refractivity (Wildman–Crippen MR) is 84.7 cm³/mol. The van der Waals surface area contributed by atoms with Crippen molar-refractivity contribution in [2.75, 3.05) is 31.1 Å². The van der Waals surface area contributed by atoms with Crippen LogP contribution in [0.15, 0.2) is 35.7 Å². The normalized spacial score (nSPS) is 15.4. The first kappa shape index (κ1) is 13.1. The zero-order valence-electron chi connectivity index (χ0n) is 11.5. The number of hydrogen-bond donors (Lipinski definition) is 1. The molecule has 2 aromatic rings. The first-order chi connectivity index (χ1) is 9.74. The molecule has 1 aliphatic heterocycles. The molecule has 1 saturated heterocycles. The maximum absolute atomic E-state index is 7.67. The molecule has 1 aliphatic rings. The average molecular weight is 286 g/mol. The number of piperazine rings is 1. The minimum Gasteiger partial charge on any atom is -0.357 e. The molecule has 5 heteroatoms. The third kappa shape index (κ3) is 2.67. The summed E-state index contributed by atoms with van der Waals surface area (Å²) < 4.78 is 0. The number of amidine groups is 1. The molecular formula is C15H18N4S. The topological polar surface area (TPSA) is 43.2 Å². The van der Waals surface area contributed by atoms with Gasteiger partial charge in [-0.2, -0.15) is 0 Å². The zero-order chi connectivity index (χ0) is 13.9. The maximum Gasteiger partial charge on any atom is 0.185 e. The maximum atomic E-state index is 7.67. The van der Waals surface area contributed by atoms with E-state index in [0.717, 1.165) is 37.0 Å². The van der Waals surface area contributed by atoms with Crippen LogP contribution in [0.1, 0.15) is 6.92 Å². The second kappa shape index (κ2) is 5.63. The Balaban J connectivity index is 1.71. The number of benzene rings is 1. The van der Waals surface area contributed by atoms with Crippen LogP contribution in [0.3, 0.4) is 0 Å². The number of nitrogens with zero attached hydrogens (tertiary/aromatic N) is 3. The highest BCUT2D eigenvalue weighted by Crippen LogP contribution is 2.27. The molecule has 0 bridgehead atoms. The molecule has 1 aromatic heterocycles. The van der Waals surface area contributed by atoms with Gasteiger partial charge in [0.2, 0.25) is 0 Å². The number of aromatic nitrogens is 1. The lowest BCUT2D eigenvalue weighted by Gasteiger charge is -2.35. The van der Waals surface area contributed by atoms with Crippen molar-refractivity contribution < 1.29 is 0 Å². The molecule has 0 radical (unpaired) electrons. The van der Waals surface area contributed by atoms with E-state index in [-0.39, 0.29) is 0 Å². The van der Waals surface area contributed by atoms with Crippen LogP contribution < -0.4 is 4.90 Å². The highest BCUT2D eigenvalue weighted by Gasteiger charge is 2.19. The lowest BCUT2D eigenvalue weighted by Crippen LogP contribution is -2.47. The van der Waals surface area contributed by atoms with Gasteiger partial charge in [0.1, 0.15) is 0 Å². The Morgan fingerprint density at radius 2 is 1.85 bits per heavy atom. The zero-order valence-corrected chi connectivity index (χ0v) is 12.4. The van der Waals surface area contributed by atoms with Crippen LogP contribution in [0, 0.1) is 5.41 Å². The molecule has 0 unspecified atom stereocenters. The van der Waals surface area contributed by atoms with Crippen molar-refractivity contribution in [3.05, 3.63) is 35.7 Å². The summed E-state index contributed by atoms with van der Waals surface area (Å²) in [5, 5.41) is 10.9. The standard InChI is InChI=1S/C15H18N4S/c1-12(16)18-7-9-19(10-8-18)15-17-14(11-20-15)13-5-3-2-4-6-13/h2-6,11,16H,7-10H2,1H3. The Kier molecular flexibility index (Phi) is 3.69. The van der Waals surface area contributed by atoms with Crippen molar-refractivity contribution in [3.8, 4) is 11.3 Å². The van der Waals surface area contributed by atoms with E-state index in [2.05, 4.69) is 27.3 Å². The predicted octanol–water partition coefficient (Wildman–Crippen LogP) is 2.93. The van der Waals surface area contributed by atoms with Gasteiger partial charge < -0.3 is 9.80 Å². The third-order valence-corrected chi connectivity index (χ3v) is 4.49. The summed E-state index contributed by atoms with van der Waals surface area (Å²) in [5.74, 6) is 0.661. The van der Waals surface area contributed by atoms with E-state index in [1.54, 1.807) is 11.3 Å². The summed E-state index contributed by atoms with van der Waals surface area (Å²) in [5.41, 5.74) is 2.22. The number of nitrogens with one attached hydrogen (secondary N) is 1. The summed E-state index contributed by atoms with van der Waals surface area (Å²) in [6, 6.07) is 10.3. The van der Waals surface area contributed by atoms with E-state index in [4.69, 9.17) is 10.4 Å². The van der Waals surface area contributed by atoms with Gasteiger partial charge in [-0.15, -0.1) is 11.3 Å². The fourth-order valence-electron chi connectivity index (χ4n) is 2.38. The summed E-state index contributed by atoms with van der Waals surface area (Å²) in [6.45, 7) is 5.56. The molecule has 1 aromatic carbocycles. The van der Waals surface area contributed by atoms with E-state index in [0.29, 0.717) is 5.84 Å². The largest absolute Gasteiger partial charge is 0.357 e. The van der Waals surface area contributed by atoms with Crippen molar-refractivity contribution in [1.82, 2.24) is 9.88 Å². The lowest BCUT2D eigenvalue weighted by atomic mass is 10.2. The van der Waals surface area contributed by atoms with Gasteiger partial charge in [-0.3, -0.25) is 5.41 Å². The molecule has 3 rings (SSSR count). The monoisotopic (exact) mass is 286 g/mol. The van der Waals surface area contributed by atoms with Gasteiger partial charge in [0.25, 0.3) is 0 Å². The van der Waals surface area contributed by atoms with E-state index in [9.17, 15) is 0 Å². The Labute approximate surface area is 123 Å². The lowest BCUT2D eigenvalue weighted by molar-refractivity contribution is 0.381. The molecule has 0 aliphatic carbocycles. The summed E-state index contributed by atoms with van der Waals surface area (Å²) >= 11 is 1.70. The van der Waals surface area contributed by atoms with Gasteiger partial charge in [-0.05, 0) is 6.92 Å². The van der Waals surface area contributed by atoms with E-state index in [1.807, 2.05) is 25.1 Å². The smallest absolute Gasteiger partial charge is 0.185 e. The summed E-state index contributed by atoms with van der Waals surface area (Å²) in [6.07, 6.45) is 0. The van der Waals surface area contributed by atoms with Gasteiger partial charge >= 0.3 is 0 Å². The molecule has 104 valence electrons. The Hall–Kier alpha value is -1.88. The van der Waals surface area contributed by atoms with E-state index < -0.39 is 0 Å². The molecule has 0 saturated carbocycles. The minimum atomic E-state index is 0.661. The van der Waals surface area contributed by atoms with Gasteiger partial charge in [0.05, 0.1) is 11.5 Å². The Morgan fingerprint density at radius 1 is 1.15 bits per heavy atom. The third-order valence-electron chi connectivity index (χ3n) is 3.59. The second-order valence-electron chi connectivity index (χ2n) is 4.94. The van der Waals surface area contributed by atoms with Crippen LogP contribution >= 0.6 is 11.3 Å². The van der Waals surface area contributed by atoms with Gasteiger partial charge in [0.15, 0.2) is 5.13 Å². The van der Waals surface area contributed by atoms with Crippen LogP contribution in [0.2, 0.25) is 0 Å². The van der Waals surface area contributed by atoms with E-state index in [1.165, 1.54) is 5.56 Å². The number of thiazole rings is 1. The molecule has 2 heterocycles. The van der Waals surface area contributed by atoms with Crippen molar-refractivity contribution in [1.29, 1.82) is 5.41 Å².